The highest BCUT2D eigenvalue weighted by Crippen LogP contribution is 2.22. The van der Waals surface area contributed by atoms with Crippen LogP contribution >= 0.6 is 0 Å². The van der Waals surface area contributed by atoms with Crippen LogP contribution in [0.2, 0.25) is 0 Å². The summed E-state index contributed by atoms with van der Waals surface area (Å²) in [5.74, 6) is -1.72. The first-order chi connectivity index (χ1) is 19.2. The quantitative estimate of drug-likeness (QED) is 0.0948. The zero-order chi connectivity index (χ0) is 29.2. The number of nitrogens with zero attached hydrogens (tertiary/aromatic N) is 2. The van der Waals surface area contributed by atoms with Gasteiger partial charge in [0.25, 0.3) is 0 Å². The molecule has 0 unspecified atom stereocenters. The van der Waals surface area contributed by atoms with E-state index in [9.17, 15) is 24.0 Å². The van der Waals surface area contributed by atoms with Crippen LogP contribution in [0, 0.1) is 11.3 Å². The van der Waals surface area contributed by atoms with Crippen molar-refractivity contribution >= 4 is 35.9 Å². The summed E-state index contributed by atoms with van der Waals surface area (Å²) in [5.41, 5.74) is 5.37. The summed E-state index contributed by atoms with van der Waals surface area (Å²) in [5, 5.41) is 18.9. The average Bonchev–Trinajstić information content (AvgIpc) is 3.73. The molecule has 1 radical (unpaired) electrons. The number of hydrogen-bond donors (Lipinski definition) is 6. The predicted octanol–water partition coefficient (Wildman–Crippen LogP) is -0.891. The molecule has 4 amide bonds. The summed E-state index contributed by atoms with van der Waals surface area (Å²) in [6.07, 6.45) is 7.31. The molecule has 0 aromatic carbocycles. The number of likely N-dealkylation sites (tertiary alicyclic amines) is 2. The number of hydrogen-bond acceptors (Lipinski definition) is 7. The van der Waals surface area contributed by atoms with Gasteiger partial charge in [-0.2, -0.15) is 0 Å². The van der Waals surface area contributed by atoms with Crippen molar-refractivity contribution in [1.29, 1.82) is 5.41 Å². The third-order valence-electron chi connectivity index (χ3n) is 8.26. The van der Waals surface area contributed by atoms with Crippen LogP contribution in [-0.4, -0.2) is 102 Å². The Balaban J connectivity index is 1.72. The van der Waals surface area contributed by atoms with Crippen molar-refractivity contribution in [2.45, 2.75) is 102 Å². The van der Waals surface area contributed by atoms with E-state index >= 15 is 0 Å². The summed E-state index contributed by atoms with van der Waals surface area (Å²) < 4.78 is 0. The van der Waals surface area contributed by atoms with Crippen LogP contribution in [0.25, 0.3) is 0 Å². The second-order valence-corrected chi connectivity index (χ2v) is 11.1. The highest BCUT2D eigenvalue weighted by atomic mass is 16.2. The van der Waals surface area contributed by atoms with Gasteiger partial charge in [-0.3, -0.25) is 29.4 Å². The van der Waals surface area contributed by atoms with Crippen molar-refractivity contribution in [3.05, 3.63) is 0 Å². The van der Waals surface area contributed by atoms with E-state index in [1.165, 1.54) is 4.90 Å². The highest BCUT2D eigenvalue weighted by Gasteiger charge is 2.40. The van der Waals surface area contributed by atoms with Gasteiger partial charge in [0.15, 0.2) is 5.96 Å². The third-order valence-corrected chi connectivity index (χ3v) is 8.26. The maximum Gasteiger partial charge on any atom is 0.246 e. The molecule has 223 valence electrons. The standard InChI is InChI=1S/C27H45N8O5/c1-3-17(2)22(26(40)34-14-6-8-18(34)16-36)33-23(37)19(9-4-13-31-27(28)29)32-24(38)21-11-7-15-35(21)25(39)20-10-5-12-30-20/h17-22,30H,3-15H2,1-2H3,(H,32,38)(H,33,37)(H4,28,29,31)/t17-,18-,19-,20-,21-,22-/m0/s1. The maximum absolute atomic E-state index is 13.6. The summed E-state index contributed by atoms with van der Waals surface area (Å²) in [7, 11) is 0. The van der Waals surface area contributed by atoms with Crippen LogP contribution in [0.15, 0.2) is 0 Å². The fraction of sp³-hybridized carbons (Fsp3) is 0.778. The first-order valence-electron chi connectivity index (χ1n) is 14.6. The maximum atomic E-state index is 13.6. The summed E-state index contributed by atoms with van der Waals surface area (Å²) in [6, 6.07) is -3.40. The molecule has 0 spiro atoms. The van der Waals surface area contributed by atoms with Gasteiger partial charge < -0.3 is 36.8 Å². The molecule has 6 atom stereocenters. The minimum absolute atomic E-state index is 0.0867. The Labute approximate surface area is 236 Å². The van der Waals surface area contributed by atoms with E-state index in [-0.39, 0.29) is 36.2 Å². The Hall–Kier alpha value is -3.22. The predicted molar refractivity (Wildman–Crippen MR) is 149 cm³/mol. The van der Waals surface area contributed by atoms with Crippen molar-refractivity contribution in [2.24, 2.45) is 11.7 Å². The molecule has 3 heterocycles. The van der Waals surface area contributed by atoms with Crippen molar-refractivity contribution in [3.8, 4) is 0 Å². The molecule has 13 heteroatoms. The Morgan fingerprint density at radius 3 is 2.45 bits per heavy atom. The largest absolute Gasteiger partial charge is 0.370 e. The second-order valence-electron chi connectivity index (χ2n) is 11.1. The normalized spacial score (nSPS) is 24.7. The van der Waals surface area contributed by atoms with Gasteiger partial charge in [0, 0.05) is 19.6 Å². The molecule has 3 saturated heterocycles. The molecule has 3 aliphatic rings. The summed E-state index contributed by atoms with van der Waals surface area (Å²) in [4.78, 5) is 68.0. The highest BCUT2D eigenvalue weighted by molar-refractivity contribution is 5.95. The van der Waals surface area contributed by atoms with Crippen LogP contribution in [0.1, 0.15) is 71.6 Å². The first kappa shape index (κ1) is 31.3. The molecule has 40 heavy (non-hydrogen) atoms. The van der Waals surface area contributed by atoms with Crippen LogP contribution in [0.4, 0.5) is 0 Å². The van der Waals surface area contributed by atoms with E-state index in [0.717, 1.165) is 19.4 Å². The van der Waals surface area contributed by atoms with Crippen molar-refractivity contribution in [2.75, 3.05) is 26.2 Å². The smallest absolute Gasteiger partial charge is 0.246 e. The third kappa shape index (κ3) is 7.92. The van der Waals surface area contributed by atoms with Gasteiger partial charge in [-0.25, -0.2) is 0 Å². The second kappa shape index (κ2) is 15.0. The van der Waals surface area contributed by atoms with Gasteiger partial charge in [0.1, 0.15) is 18.1 Å². The fourth-order valence-corrected chi connectivity index (χ4v) is 5.73. The molecule has 13 nitrogen and oxygen atoms in total. The lowest BCUT2D eigenvalue weighted by Gasteiger charge is -2.32. The van der Waals surface area contributed by atoms with Crippen LogP contribution in [0.5, 0.6) is 0 Å². The number of nitrogens with one attached hydrogen (secondary N) is 5. The molecular formula is C27H45N8O5. The number of amides is 4. The van der Waals surface area contributed by atoms with E-state index < -0.39 is 36.0 Å². The summed E-state index contributed by atoms with van der Waals surface area (Å²) >= 11 is 0. The average molecular weight is 562 g/mol. The van der Waals surface area contributed by atoms with Gasteiger partial charge in [0.2, 0.25) is 29.9 Å². The van der Waals surface area contributed by atoms with Crippen LogP contribution < -0.4 is 27.0 Å². The Morgan fingerprint density at radius 1 is 1.07 bits per heavy atom. The SMILES string of the molecule is CC[C@H](C)[C@H](NC(=O)[C@H](CCCNC(=N)N)NC(=O)[C@@H]1CCCN1C(=O)[C@@H]1CCCN1)C(=O)N1CCC[C@H]1[C]=O. The van der Waals surface area contributed by atoms with Crippen LogP contribution in [-0.2, 0) is 24.0 Å². The minimum Gasteiger partial charge on any atom is -0.370 e. The van der Waals surface area contributed by atoms with Crippen molar-refractivity contribution < 1.29 is 24.0 Å². The van der Waals surface area contributed by atoms with E-state index in [2.05, 4.69) is 21.3 Å². The molecule has 3 fully saturated rings. The van der Waals surface area contributed by atoms with E-state index in [1.807, 2.05) is 20.1 Å². The molecule has 7 N–H and O–H groups in total. The van der Waals surface area contributed by atoms with Gasteiger partial charge in [-0.15, -0.1) is 0 Å². The van der Waals surface area contributed by atoms with E-state index in [4.69, 9.17) is 11.1 Å². The lowest BCUT2D eigenvalue weighted by molar-refractivity contribution is -0.141. The van der Waals surface area contributed by atoms with E-state index in [0.29, 0.717) is 58.2 Å². The van der Waals surface area contributed by atoms with Crippen molar-refractivity contribution in [3.63, 3.8) is 0 Å². The number of carbonyl (C=O) groups is 4. The Bertz CT molecular complexity index is 940. The fourth-order valence-electron chi connectivity index (χ4n) is 5.73. The topological polar surface area (TPSA) is 190 Å². The Kier molecular flexibility index (Phi) is 11.7. The molecule has 3 rings (SSSR count). The summed E-state index contributed by atoms with van der Waals surface area (Å²) in [6.45, 7) is 5.80. The number of rotatable bonds is 13. The van der Waals surface area contributed by atoms with Gasteiger partial charge in [-0.1, -0.05) is 20.3 Å². The number of nitrogens with two attached hydrogens (primary N) is 1. The first-order valence-corrected chi connectivity index (χ1v) is 14.6. The molecule has 0 bridgehead atoms. The molecule has 0 aromatic heterocycles. The monoisotopic (exact) mass is 561 g/mol. The minimum atomic E-state index is -0.963. The molecule has 3 aliphatic heterocycles. The molecule has 0 saturated carbocycles. The molecular weight excluding hydrogens is 516 g/mol. The van der Waals surface area contributed by atoms with Crippen LogP contribution in [0.3, 0.4) is 0 Å². The van der Waals surface area contributed by atoms with Gasteiger partial charge in [-0.05, 0) is 63.8 Å². The van der Waals surface area contributed by atoms with E-state index in [1.54, 1.807) is 4.90 Å². The van der Waals surface area contributed by atoms with Gasteiger partial charge >= 0.3 is 0 Å². The van der Waals surface area contributed by atoms with Crippen molar-refractivity contribution in [1.82, 2.24) is 31.1 Å². The molecule has 0 aromatic rings. The number of guanidine groups is 1. The zero-order valence-corrected chi connectivity index (χ0v) is 23.7. The lowest BCUT2D eigenvalue weighted by Crippen LogP contribution is -2.59. The number of carbonyl (C=O) groups excluding carboxylic acids is 5. The Morgan fingerprint density at radius 2 is 1.80 bits per heavy atom. The van der Waals surface area contributed by atoms with Gasteiger partial charge in [0.05, 0.1) is 12.1 Å². The lowest BCUT2D eigenvalue weighted by atomic mass is 9.96. The molecule has 0 aliphatic carbocycles. The zero-order valence-electron chi connectivity index (χ0n) is 23.7.